The highest BCUT2D eigenvalue weighted by Crippen LogP contribution is 2.27. The van der Waals surface area contributed by atoms with Gasteiger partial charge in [-0.05, 0) is 61.3 Å². The average molecular weight is 359 g/mol. The van der Waals surface area contributed by atoms with Crippen LogP contribution < -0.4 is 10.1 Å². The van der Waals surface area contributed by atoms with Gasteiger partial charge in [-0.3, -0.25) is 4.79 Å². The molecule has 0 heterocycles. The normalized spacial score (nSPS) is 15.2. The molecule has 0 fully saturated rings. The zero-order chi connectivity index (χ0) is 18.8. The molecule has 3 aromatic carbocycles. The molecule has 4 rings (SSSR count). The summed E-state index contributed by atoms with van der Waals surface area (Å²) in [5, 5.41) is 5.22. The van der Waals surface area contributed by atoms with E-state index in [0.717, 1.165) is 28.5 Å². The first kappa shape index (κ1) is 17.6. The Hall–Kier alpha value is -2.81. The molecule has 1 aliphatic rings. The maximum atomic E-state index is 12.7. The Bertz CT molecular complexity index is 974. The molecule has 1 aliphatic carbocycles. The Kier molecular flexibility index (Phi) is 4.85. The van der Waals surface area contributed by atoms with Crippen molar-refractivity contribution >= 4 is 16.7 Å². The van der Waals surface area contributed by atoms with Gasteiger partial charge in [0.15, 0.2) is 6.10 Å². The molecule has 27 heavy (non-hydrogen) atoms. The van der Waals surface area contributed by atoms with Crippen molar-refractivity contribution in [3.63, 3.8) is 0 Å². The van der Waals surface area contributed by atoms with Crippen LogP contribution in [0.2, 0.25) is 0 Å². The summed E-state index contributed by atoms with van der Waals surface area (Å²) in [4.78, 5) is 12.7. The molecule has 3 heteroatoms. The lowest BCUT2D eigenvalue weighted by molar-refractivity contribution is -0.127. The van der Waals surface area contributed by atoms with Gasteiger partial charge in [-0.1, -0.05) is 54.6 Å². The summed E-state index contributed by atoms with van der Waals surface area (Å²) < 4.78 is 5.99. The molecule has 0 aromatic heterocycles. The van der Waals surface area contributed by atoms with Crippen molar-refractivity contribution in [2.45, 2.75) is 45.3 Å². The van der Waals surface area contributed by atoms with E-state index in [9.17, 15) is 4.79 Å². The van der Waals surface area contributed by atoms with Crippen LogP contribution in [0.4, 0.5) is 0 Å². The summed E-state index contributed by atoms with van der Waals surface area (Å²) in [5.74, 6) is 0.636. The Morgan fingerprint density at radius 2 is 1.74 bits per heavy atom. The summed E-state index contributed by atoms with van der Waals surface area (Å²) in [5.41, 5.74) is 4.03. The number of fused-ring (bicyclic) bond motifs is 2. The topological polar surface area (TPSA) is 38.3 Å². The van der Waals surface area contributed by atoms with Gasteiger partial charge in [-0.15, -0.1) is 0 Å². The van der Waals surface area contributed by atoms with Crippen molar-refractivity contribution in [1.29, 1.82) is 0 Å². The van der Waals surface area contributed by atoms with Gasteiger partial charge in [0.25, 0.3) is 5.91 Å². The predicted molar refractivity (Wildman–Crippen MR) is 109 cm³/mol. The first-order chi connectivity index (χ1) is 13.1. The molecule has 138 valence electrons. The van der Waals surface area contributed by atoms with Crippen LogP contribution in [0.15, 0.2) is 60.7 Å². The van der Waals surface area contributed by atoms with Gasteiger partial charge in [0.1, 0.15) is 5.75 Å². The standard InChI is InChI=1S/C24H25NO2/c1-16(20-14-13-18-8-5-10-21(18)15-20)25-24(26)17(2)27-23-12-6-9-19-7-3-4-11-22(19)23/h3-4,6-7,9,11-17H,5,8,10H2,1-2H3,(H,25,26)/t16-,17+/m0/s1. The van der Waals surface area contributed by atoms with E-state index >= 15 is 0 Å². The van der Waals surface area contributed by atoms with Crippen molar-refractivity contribution in [1.82, 2.24) is 5.32 Å². The fourth-order valence-electron chi connectivity index (χ4n) is 3.82. The van der Waals surface area contributed by atoms with Crippen molar-refractivity contribution in [3.05, 3.63) is 77.4 Å². The van der Waals surface area contributed by atoms with E-state index in [2.05, 4.69) is 23.5 Å². The predicted octanol–water partition coefficient (Wildman–Crippen LogP) is 4.97. The highest BCUT2D eigenvalue weighted by Gasteiger charge is 2.20. The molecular weight excluding hydrogens is 334 g/mol. The molecular formula is C24H25NO2. The third-order valence-electron chi connectivity index (χ3n) is 5.40. The molecule has 2 atom stereocenters. The van der Waals surface area contributed by atoms with Crippen LogP contribution in [0.25, 0.3) is 10.8 Å². The Balaban J connectivity index is 1.44. The van der Waals surface area contributed by atoms with E-state index in [4.69, 9.17) is 4.74 Å². The van der Waals surface area contributed by atoms with Crippen LogP contribution in [0, 0.1) is 0 Å². The summed E-state index contributed by atoms with van der Waals surface area (Å²) in [6, 6.07) is 20.5. The number of aryl methyl sites for hydroxylation is 2. The quantitative estimate of drug-likeness (QED) is 0.698. The summed E-state index contributed by atoms with van der Waals surface area (Å²) in [6.45, 7) is 3.83. The molecule has 0 radical (unpaired) electrons. The average Bonchev–Trinajstić information content (AvgIpc) is 3.16. The van der Waals surface area contributed by atoms with Crippen LogP contribution >= 0.6 is 0 Å². The minimum atomic E-state index is -0.562. The smallest absolute Gasteiger partial charge is 0.261 e. The SMILES string of the molecule is C[C@H](NC(=O)[C@@H](C)Oc1cccc2ccccc12)c1ccc2c(c1)CCC2. The second-order valence-electron chi connectivity index (χ2n) is 7.35. The fourth-order valence-corrected chi connectivity index (χ4v) is 3.82. The number of nitrogens with one attached hydrogen (secondary N) is 1. The molecule has 3 aromatic rings. The third-order valence-corrected chi connectivity index (χ3v) is 5.40. The number of rotatable bonds is 5. The van der Waals surface area contributed by atoms with Crippen molar-refractivity contribution in [2.24, 2.45) is 0 Å². The maximum Gasteiger partial charge on any atom is 0.261 e. The highest BCUT2D eigenvalue weighted by atomic mass is 16.5. The number of carbonyl (C=O) groups is 1. The van der Waals surface area contributed by atoms with Gasteiger partial charge in [0, 0.05) is 5.39 Å². The number of ether oxygens (including phenoxy) is 1. The van der Waals surface area contributed by atoms with Crippen LogP contribution in [0.5, 0.6) is 5.75 Å². The van der Waals surface area contributed by atoms with Gasteiger partial charge >= 0.3 is 0 Å². The van der Waals surface area contributed by atoms with Gasteiger partial charge < -0.3 is 10.1 Å². The van der Waals surface area contributed by atoms with Crippen LogP contribution in [0.1, 0.15) is 43.0 Å². The van der Waals surface area contributed by atoms with Crippen LogP contribution in [-0.4, -0.2) is 12.0 Å². The van der Waals surface area contributed by atoms with Crippen LogP contribution in [0.3, 0.4) is 0 Å². The van der Waals surface area contributed by atoms with Gasteiger partial charge in [0.2, 0.25) is 0 Å². The van der Waals surface area contributed by atoms with E-state index < -0.39 is 6.10 Å². The van der Waals surface area contributed by atoms with E-state index in [1.165, 1.54) is 24.0 Å². The molecule has 0 saturated heterocycles. The Morgan fingerprint density at radius 3 is 2.63 bits per heavy atom. The molecule has 0 unspecified atom stereocenters. The number of hydrogen-bond donors (Lipinski definition) is 1. The lowest BCUT2D eigenvalue weighted by Crippen LogP contribution is -2.37. The number of benzene rings is 3. The molecule has 3 nitrogen and oxygen atoms in total. The Morgan fingerprint density at radius 1 is 0.963 bits per heavy atom. The van der Waals surface area contributed by atoms with E-state index in [1.54, 1.807) is 6.92 Å². The molecule has 0 saturated carbocycles. The van der Waals surface area contributed by atoms with Gasteiger partial charge in [-0.25, -0.2) is 0 Å². The van der Waals surface area contributed by atoms with Gasteiger partial charge in [0.05, 0.1) is 6.04 Å². The van der Waals surface area contributed by atoms with Crippen molar-refractivity contribution in [3.8, 4) is 5.75 Å². The monoisotopic (exact) mass is 359 g/mol. The zero-order valence-electron chi connectivity index (χ0n) is 15.9. The first-order valence-corrected chi connectivity index (χ1v) is 9.68. The van der Waals surface area contributed by atoms with Crippen molar-refractivity contribution < 1.29 is 9.53 Å². The highest BCUT2D eigenvalue weighted by molar-refractivity contribution is 5.89. The second kappa shape index (κ2) is 7.43. The maximum absolute atomic E-state index is 12.7. The largest absolute Gasteiger partial charge is 0.480 e. The van der Waals surface area contributed by atoms with E-state index in [0.29, 0.717) is 0 Å². The minimum absolute atomic E-state index is 0.0398. The lowest BCUT2D eigenvalue weighted by atomic mass is 10.0. The number of carbonyl (C=O) groups excluding carboxylic acids is 1. The third kappa shape index (κ3) is 3.68. The zero-order valence-corrected chi connectivity index (χ0v) is 15.9. The lowest BCUT2D eigenvalue weighted by Gasteiger charge is -2.20. The second-order valence-corrected chi connectivity index (χ2v) is 7.35. The molecule has 0 bridgehead atoms. The number of amides is 1. The van der Waals surface area contributed by atoms with E-state index in [-0.39, 0.29) is 11.9 Å². The first-order valence-electron chi connectivity index (χ1n) is 9.68. The number of hydrogen-bond acceptors (Lipinski definition) is 2. The van der Waals surface area contributed by atoms with Crippen LogP contribution in [-0.2, 0) is 17.6 Å². The minimum Gasteiger partial charge on any atom is -0.480 e. The Labute approximate surface area is 160 Å². The summed E-state index contributed by atoms with van der Waals surface area (Å²) in [6.07, 6.45) is 2.99. The molecule has 0 spiro atoms. The summed E-state index contributed by atoms with van der Waals surface area (Å²) >= 11 is 0. The molecule has 1 N–H and O–H groups in total. The molecule has 1 amide bonds. The fraction of sp³-hybridized carbons (Fsp3) is 0.292. The summed E-state index contributed by atoms with van der Waals surface area (Å²) in [7, 11) is 0. The van der Waals surface area contributed by atoms with Crippen molar-refractivity contribution in [2.75, 3.05) is 0 Å². The van der Waals surface area contributed by atoms with E-state index in [1.807, 2.05) is 49.4 Å². The molecule has 0 aliphatic heterocycles. The van der Waals surface area contributed by atoms with Gasteiger partial charge in [-0.2, -0.15) is 0 Å².